The molecule has 1 heterocycles. The first-order chi connectivity index (χ1) is 17.6. The lowest BCUT2D eigenvalue weighted by Gasteiger charge is -2.61. The van der Waals surface area contributed by atoms with Gasteiger partial charge in [-0.05, 0) is 79.9 Å². The van der Waals surface area contributed by atoms with Gasteiger partial charge in [-0.25, -0.2) is 0 Å². The number of carbonyl (C=O) groups is 2. The van der Waals surface area contributed by atoms with Gasteiger partial charge in [0.1, 0.15) is 0 Å². The van der Waals surface area contributed by atoms with Crippen LogP contribution in [0.25, 0.3) is 0 Å². The highest BCUT2D eigenvalue weighted by atomic mass is 35.5. The zero-order valence-corrected chi connectivity index (χ0v) is 21.9. The smallest absolute Gasteiger partial charge is 0.353 e. The van der Waals surface area contributed by atoms with Gasteiger partial charge in [-0.2, -0.15) is 26.3 Å². The summed E-state index contributed by atoms with van der Waals surface area (Å²) in [5, 5.41) is 5.05. The van der Waals surface area contributed by atoms with Crippen LogP contribution in [-0.4, -0.2) is 23.2 Å². The Hall–Kier alpha value is -1.97. The molecule has 210 valence electrons. The SMILES string of the molecule is C[C@]12CC[C@H]3[C@@H](CC[C@H]4NC(=O)CC(Cl)[C@@]43C)[C@@H]1CC[C@@H]2C(=O)Nc1cc(C(F)(F)F)ccc1C(F)(F)F. The molecule has 0 radical (unpaired) electrons. The number of rotatable bonds is 2. The van der Waals surface area contributed by atoms with Crippen molar-refractivity contribution in [1.82, 2.24) is 5.32 Å². The molecular formula is C27H31ClF6N2O2. The number of hydrogen-bond acceptors (Lipinski definition) is 2. The molecular weight excluding hydrogens is 534 g/mol. The van der Waals surface area contributed by atoms with E-state index < -0.39 is 46.4 Å². The quantitative estimate of drug-likeness (QED) is 0.300. The monoisotopic (exact) mass is 564 g/mol. The lowest BCUT2D eigenvalue weighted by atomic mass is 9.47. The molecule has 0 aromatic heterocycles. The summed E-state index contributed by atoms with van der Waals surface area (Å²) in [6.45, 7) is 4.14. The topological polar surface area (TPSA) is 58.2 Å². The lowest BCUT2D eigenvalue weighted by Crippen LogP contribution is -2.65. The van der Waals surface area contributed by atoms with E-state index in [1.807, 2.05) is 6.92 Å². The van der Waals surface area contributed by atoms with Gasteiger partial charge in [0.15, 0.2) is 0 Å². The van der Waals surface area contributed by atoms with Gasteiger partial charge in [0, 0.05) is 29.2 Å². The van der Waals surface area contributed by atoms with Crippen LogP contribution >= 0.6 is 11.6 Å². The van der Waals surface area contributed by atoms with Crippen molar-refractivity contribution in [3.05, 3.63) is 29.3 Å². The zero-order chi connectivity index (χ0) is 27.8. The second kappa shape index (κ2) is 9.03. The van der Waals surface area contributed by atoms with E-state index in [4.69, 9.17) is 11.6 Å². The molecule has 4 nitrogen and oxygen atoms in total. The number of carbonyl (C=O) groups excluding carboxylic acids is 2. The summed E-state index contributed by atoms with van der Waals surface area (Å²) in [6, 6.07) is 1.10. The van der Waals surface area contributed by atoms with Crippen LogP contribution < -0.4 is 10.6 Å². The van der Waals surface area contributed by atoms with Gasteiger partial charge in [-0.1, -0.05) is 13.8 Å². The lowest BCUT2D eigenvalue weighted by molar-refractivity contribution is -0.141. The van der Waals surface area contributed by atoms with Gasteiger partial charge >= 0.3 is 12.4 Å². The molecule has 4 aliphatic rings. The second-order valence-electron chi connectivity index (χ2n) is 12.0. The summed E-state index contributed by atoms with van der Waals surface area (Å²) >= 11 is 6.79. The maximum Gasteiger partial charge on any atom is 0.418 e. The molecule has 1 unspecified atom stereocenters. The molecule has 0 spiro atoms. The van der Waals surface area contributed by atoms with E-state index in [1.54, 1.807) is 0 Å². The van der Waals surface area contributed by atoms with E-state index in [0.717, 1.165) is 19.3 Å². The maximum atomic E-state index is 13.6. The van der Waals surface area contributed by atoms with Crippen molar-refractivity contribution in [3.63, 3.8) is 0 Å². The summed E-state index contributed by atoms with van der Waals surface area (Å²) in [4.78, 5) is 25.5. The van der Waals surface area contributed by atoms with E-state index in [0.29, 0.717) is 37.5 Å². The van der Waals surface area contributed by atoms with E-state index in [2.05, 4.69) is 17.6 Å². The van der Waals surface area contributed by atoms with Crippen LogP contribution in [0.15, 0.2) is 18.2 Å². The van der Waals surface area contributed by atoms with Crippen molar-refractivity contribution in [2.45, 2.75) is 82.6 Å². The fourth-order valence-corrected chi connectivity index (χ4v) is 8.88. The van der Waals surface area contributed by atoms with Gasteiger partial charge in [-0.3, -0.25) is 9.59 Å². The number of fused-ring (bicyclic) bond motifs is 5. The van der Waals surface area contributed by atoms with Crippen LogP contribution in [0.3, 0.4) is 0 Å². The van der Waals surface area contributed by atoms with E-state index in [9.17, 15) is 35.9 Å². The third-order valence-electron chi connectivity index (χ3n) is 10.4. The van der Waals surface area contributed by atoms with Crippen LogP contribution in [0.4, 0.5) is 32.0 Å². The molecule has 3 saturated carbocycles. The van der Waals surface area contributed by atoms with Crippen LogP contribution in [0, 0.1) is 34.5 Å². The predicted molar refractivity (Wildman–Crippen MR) is 129 cm³/mol. The molecule has 11 heteroatoms. The van der Waals surface area contributed by atoms with Gasteiger partial charge in [-0.15, -0.1) is 11.6 Å². The average Bonchev–Trinajstić information content (AvgIpc) is 3.16. The first-order valence-corrected chi connectivity index (χ1v) is 13.5. The Morgan fingerprint density at radius 3 is 2.37 bits per heavy atom. The average molecular weight is 565 g/mol. The number of anilines is 1. The summed E-state index contributed by atoms with van der Waals surface area (Å²) < 4.78 is 80.5. The van der Waals surface area contributed by atoms with Gasteiger partial charge in [0.05, 0.1) is 16.8 Å². The molecule has 4 fully saturated rings. The fraction of sp³-hybridized carbons (Fsp3) is 0.704. The normalized spacial score (nSPS) is 39.0. The highest BCUT2D eigenvalue weighted by Crippen LogP contribution is 2.66. The second-order valence-corrected chi connectivity index (χ2v) is 12.6. The third kappa shape index (κ3) is 4.29. The minimum absolute atomic E-state index is 0.0148. The zero-order valence-electron chi connectivity index (χ0n) is 21.1. The van der Waals surface area contributed by atoms with Gasteiger partial charge in [0.25, 0.3) is 0 Å². The molecule has 0 bridgehead atoms. The largest absolute Gasteiger partial charge is 0.418 e. The molecule has 8 atom stereocenters. The van der Waals surface area contributed by atoms with Crippen molar-refractivity contribution in [3.8, 4) is 0 Å². The first kappa shape index (κ1) is 27.6. The number of hydrogen-bond donors (Lipinski definition) is 2. The molecule has 1 aromatic rings. The highest BCUT2D eigenvalue weighted by Gasteiger charge is 2.63. The van der Waals surface area contributed by atoms with Crippen molar-refractivity contribution in [2.75, 3.05) is 5.32 Å². The molecule has 1 aromatic carbocycles. The summed E-state index contributed by atoms with van der Waals surface area (Å²) in [7, 11) is 0. The molecule has 1 saturated heterocycles. The Balaban J connectivity index is 1.40. The number of amides is 2. The number of halogens is 7. The first-order valence-electron chi connectivity index (χ1n) is 13.1. The standard InChI is InChI=1S/C27H31ClF6N2O2/c1-24-10-9-16-14(4-8-21-25(16,2)20(28)12-22(37)36-21)15(24)6-7-18(24)23(38)35-19-11-13(26(29,30)31)3-5-17(19)27(32,33)34/h3,5,11,14-16,18,20-21H,4,6-10,12H2,1-2H3,(H,35,38)(H,36,37)/t14-,15-,16-,18+,20?,21+,24-,25-/m0/s1. The Morgan fingerprint density at radius 1 is 1.00 bits per heavy atom. The number of alkyl halides is 7. The van der Waals surface area contributed by atoms with E-state index >= 15 is 0 Å². The number of nitrogens with one attached hydrogen (secondary N) is 2. The van der Waals surface area contributed by atoms with Gasteiger partial charge < -0.3 is 10.6 Å². The highest BCUT2D eigenvalue weighted by molar-refractivity contribution is 6.22. The van der Waals surface area contributed by atoms with E-state index in [-0.39, 0.29) is 46.9 Å². The maximum absolute atomic E-state index is 13.6. The van der Waals surface area contributed by atoms with Crippen molar-refractivity contribution >= 4 is 29.1 Å². The number of benzene rings is 1. The molecule has 2 amide bonds. The Kier molecular flexibility index (Phi) is 6.56. The minimum Gasteiger partial charge on any atom is -0.353 e. The van der Waals surface area contributed by atoms with E-state index in [1.165, 1.54) is 0 Å². The summed E-state index contributed by atoms with van der Waals surface area (Å²) in [6.07, 6.45) is -5.29. The predicted octanol–water partition coefficient (Wildman–Crippen LogP) is 7.02. The minimum atomic E-state index is -4.92. The van der Waals surface area contributed by atoms with Crippen LogP contribution in [-0.2, 0) is 21.9 Å². The summed E-state index contributed by atoms with van der Waals surface area (Å²) in [5.41, 5.74) is -4.21. The third-order valence-corrected chi connectivity index (χ3v) is 11.0. The Morgan fingerprint density at radius 2 is 1.71 bits per heavy atom. The fourth-order valence-electron chi connectivity index (χ4n) is 8.43. The van der Waals surface area contributed by atoms with Crippen molar-refractivity contribution in [1.29, 1.82) is 0 Å². The van der Waals surface area contributed by atoms with Crippen LogP contribution in [0.1, 0.15) is 69.9 Å². The van der Waals surface area contributed by atoms with Crippen molar-refractivity contribution < 1.29 is 35.9 Å². The molecule has 3 aliphatic carbocycles. The molecule has 38 heavy (non-hydrogen) atoms. The molecule has 2 N–H and O–H groups in total. The molecule has 1 aliphatic heterocycles. The van der Waals surface area contributed by atoms with Crippen LogP contribution in [0.5, 0.6) is 0 Å². The number of piperidine rings is 1. The molecule has 5 rings (SSSR count). The Bertz CT molecular complexity index is 1140. The summed E-state index contributed by atoms with van der Waals surface area (Å²) in [5.74, 6) is -0.699. The van der Waals surface area contributed by atoms with Crippen LogP contribution in [0.2, 0.25) is 0 Å². The van der Waals surface area contributed by atoms with Crippen molar-refractivity contribution in [2.24, 2.45) is 34.5 Å². The van der Waals surface area contributed by atoms with Gasteiger partial charge in [0.2, 0.25) is 11.8 Å². The Labute approximate surface area is 222 Å².